The second kappa shape index (κ2) is 6.89. The zero-order valence-corrected chi connectivity index (χ0v) is 12.9. The van der Waals surface area contributed by atoms with E-state index < -0.39 is 0 Å². The molecular formula is C17H26N2O. The van der Waals surface area contributed by atoms with E-state index in [9.17, 15) is 4.79 Å². The van der Waals surface area contributed by atoms with Gasteiger partial charge in [0.15, 0.2) is 0 Å². The molecule has 0 aliphatic heterocycles. The van der Waals surface area contributed by atoms with E-state index in [-0.39, 0.29) is 17.9 Å². The molecule has 1 N–H and O–H groups in total. The Morgan fingerprint density at radius 2 is 2.20 bits per heavy atom. The molecule has 1 aliphatic rings. The lowest BCUT2D eigenvalue weighted by Gasteiger charge is -2.34. The fraction of sp³-hybridized carbons (Fsp3) is 0.588. The molecule has 1 aromatic carbocycles. The molecule has 2 unspecified atom stereocenters. The number of amides is 1. The lowest BCUT2D eigenvalue weighted by Crippen LogP contribution is -2.39. The van der Waals surface area contributed by atoms with Crippen molar-refractivity contribution in [1.29, 1.82) is 0 Å². The smallest absolute Gasteiger partial charge is 0.226 e. The van der Waals surface area contributed by atoms with Crippen molar-refractivity contribution in [2.24, 2.45) is 5.92 Å². The lowest BCUT2D eigenvalue weighted by molar-refractivity contribution is -0.136. The fourth-order valence-electron chi connectivity index (χ4n) is 3.08. The fourth-order valence-corrected chi connectivity index (χ4v) is 3.08. The molecule has 0 saturated carbocycles. The predicted octanol–water partition coefficient (Wildman–Crippen LogP) is 2.77. The van der Waals surface area contributed by atoms with Crippen LogP contribution in [0.4, 0.5) is 0 Å². The van der Waals surface area contributed by atoms with Crippen molar-refractivity contribution in [3.63, 3.8) is 0 Å². The monoisotopic (exact) mass is 274 g/mol. The Labute approximate surface area is 122 Å². The molecule has 1 amide bonds. The van der Waals surface area contributed by atoms with Crippen molar-refractivity contribution in [1.82, 2.24) is 10.2 Å². The zero-order chi connectivity index (χ0) is 14.5. The summed E-state index contributed by atoms with van der Waals surface area (Å²) in [5.74, 6) is 0.279. The minimum absolute atomic E-state index is 0.0361. The van der Waals surface area contributed by atoms with Crippen molar-refractivity contribution in [3.05, 3.63) is 35.4 Å². The summed E-state index contributed by atoms with van der Waals surface area (Å²) >= 11 is 0. The topological polar surface area (TPSA) is 32.3 Å². The molecule has 20 heavy (non-hydrogen) atoms. The van der Waals surface area contributed by atoms with Crippen molar-refractivity contribution in [3.8, 4) is 0 Å². The van der Waals surface area contributed by atoms with Crippen LogP contribution in [0, 0.1) is 5.92 Å². The first-order valence-corrected chi connectivity index (χ1v) is 7.70. The summed E-state index contributed by atoms with van der Waals surface area (Å²) < 4.78 is 0. The lowest BCUT2D eigenvalue weighted by atomic mass is 9.86. The molecule has 1 aliphatic carbocycles. The normalized spacial score (nSPS) is 19.2. The summed E-state index contributed by atoms with van der Waals surface area (Å²) in [6.07, 6.45) is 3.38. The van der Waals surface area contributed by atoms with Crippen LogP contribution in [0.2, 0.25) is 0 Å². The Morgan fingerprint density at radius 3 is 2.95 bits per heavy atom. The number of hydrogen-bond acceptors (Lipinski definition) is 2. The highest BCUT2D eigenvalue weighted by Gasteiger charge is 2.28. The first-order valence-electron chi connectivity index (χ1n) is 7.70. The molecule has 0 radical (unpaired) electrons. The van der Waals surface area contributed by atoms with Gasteiger partial charge in [0, 0.05) is 19.5 Å². The number of rotatable bonds is 5. The molecule has 2 rings (SSSR count). The minimum atomic E-state index is 0.0361. The summed E-state index contributed by atoms with van der Waals surface area (Å²) in [6, 6.07) is 8.80. The van der Waals surface area contributed by atoms with Gasteiger partial charge in [0.25, 0.3) is 0 Å². The Kier molecular flexibility index (Phi) is 5.18. The van der Waals surface area contributed by atoms with E-state index in [1.807, 2.05) is 18.9 Å². The third-order valence-corrected chi connectivity index (χ3v) is 4.28. The van der Waals surface area contributed by atoms with E-state index >= 15 is 0 Å². The van der Waals surface area contributed by atoms with Gasteiger partial charge in [-0.15, -0.1) is 0 Å². The van der Waals surface area contributed by atoms with E-state index in [0.717, 1.165) is 25.9 Å². The summed E-state index contributed by atoms with van der Waals surface area (Å²) in [4.78, 5) is 14.5. The van der Waals surface area contributed by atoms with Gasteiger partial charge < -0.3 is 10.2 Å². The number of nitrogens with one attached hydrogen (secondary N) is 1. The summed E-state index contributed by atoms with van der Waals surface area (Å²) in [5.41, 5.74) is 2.74. The van der Waals surface area contributed by atoms with Crippen LogP contribution in [-0.2, 0) is 11.2 Å². The van der Waals surface area contributed by atoms with E-state index in [2.05, 4.69) is 36.5 Å². The second-order valence-electron chi connectivity index (χ2n) is 5.76. The highest BCUT2D eigenvalue weighted by molar-refractivity contribution is 5.79. The van der Waals surface area contributed by atoms with E-state index in [0.29, 0.717) is 0 Å². The van der Waals surface area contributed by atoms with Gasteiger partial charge in [-0.25, -0.2) is 0 Å². The van der Waals surface area contributed by atoms with E-state index in [1.165, 1.54) is 17.5 Å². The van der Waals surface area contributed by atoms with Gasteiger partial charge in [0.2, 0.25) is 5.91 Å². The van der Waals surface area contributed by atoms with Crippen LogP contribution in [0.5, 0.6) is 0 Å². The number of benzene rings is 1. The molecule has 0 bridgehead atoms. The maximum Gasteiger partial charge on any atom is 0.226 e. The average molecular weight is 274 g/mol. The third-order valence-electron chi connectivity index (χ3n) is 4.28. The number of carbonyl (C=O) groups excluding carboxylic acids is 1. The molecule has 1 aromatic rings. The van der Waals surface area contributed by atoms with Gasteiger partial charge in [-0.3, -0.25) is 4.79 Å². The van der Waals surface area contributed by atoms with Gasteiger partial charge in [-0.2, -0.15) is 0 Å². The molecule has 0 fully saturated rings. The molecule has 0 spiro atoms. The van der Waals surface area contributed by atoms with Gasteiger partial charge >= 0.3 is 0 Å². The Balaban J connectivity index is 2.10. The van der Waals surface area contributed by atoms with E-state index in [1.54, 1.807) is 0 Å². The van der Waals surface area contributed by atoms with Gasteiger partial charge in [-0.05, 0) is 36.9 Å². The largest absolute Gasteiger partial charge is 0.338 e. The minimum Gasteiger partial charge on any atom is -0.338 e. The molecule has 0 heterocycles. The SMILES string of the molecule is CCNCC(C)C(=O)N(C)C1CCCc2ccccc21. The molecule has 0 saturated heterocycles. The van der Waals surface area contributed by atoms with Crippen LogP contribution in [0.1, 0.15) is 43.9 Å². The highest BCUT2D eigenvalue weighted by Crippen LogP contribution is 2.33. The van der Waals surface area contributed by atoms with Crippen LogP contribution >= 0.6 is 0 Å². The summed E-state index contributed by atoms with van der Waals surface area (Å²) in [6.45, 7) is 5.75. The molecule has 0 aromatic heterocycles. The quantitative estimate of drug-likeness (QED) is 0.895. The van der Waals surface area contributed by atoms with Gasteiger partial charge in [0.05, 0.1) is 6.04 Å². The van der Waals surface area contributed by atoms with Crippen molar-refractivity contribution >= 4 is 5.91 Å². The number of aryl methyl sites for hydroxylation is 1. The number of fused-ring (bicyclic) bond motifs is 1. The van der Waals surface area contributed by atoms with Crippen LogP contribution in [0.25, 0.3) is 0 Å². The predicted molar refractivity (Wildman–Crippen MR) is 82.6 cm³/mol. The molecule has 110 valence electrons. The Morgan fingerprint density at radius 1 is 1.45 bits per heavy atom. The maximum absolute atomic E-state index is 12.5. The van der Waals surface area contributed by atoms with Crippen LogP contribution in [-0.4, -0.2) is 30.9 Å². The van der Waals surface area contributed by atoms with Crippen molar-refractivity contribution < 1.29 is 4.79 Å². The van der Waals surface area contributed by atoms with Crippen molar-refractivity contribution in [2.75, 3.05) is 20.1 Å². The summed E-state index contributed by atoms with van der Waals surface area (Å²) in [7, 11) is 1.96. The van der Waals surface area contributed by atoms with Crippen LogP contribution < -0.4 is 5.32 Å². The number of carbonyl (C=O) groups is 1. The van der Waals surface area contributed by atoms with Crippen LogP contribution in [0.3, 0.4) is 0 Å². The standard InChI is InChI=1S/C17H26N2O/c1-4-18-12-13(2)17(20)19(3)16-11-7-9-14-8-5-6-10-15(14)16/h5-6,8,10,13,16,18H,4,7,9,11-12H2,1-3H3. The molecule has 2 atom stereocenters. The second-order valence-corrected chi connectivity index (χ2v) is 5.76. The van der Waals surface area contributed by atoms with Crippen molar-refractivity contribution in [2.45, 2.75) is 39.2 Å². The first kappa shape index (κ1) is 15.0. The molecule has 3 heteroatoms. The molecule has 3 nitrogen and oxygen atoms in total. The van der Waals surface area contributed by atoms with Gasteiger partial charge in [-0.1, -0.05) is 38.1 Å². The van der Waals surface area contributed by atoms with E-state index in [4.69, 9.17) is 0 Å². The van der Waals surface area contributed by atoms with Crippen LogP contribution in [0.15, 0.2) is 24.3 Å². The number of nitrogens with zero attached hydrogens (tertiary/aromatic N) is 1. The Bertz CT molecular complexity index is 458. The maximum atomic E-state index is 12.5. The average Bonchev–Trinajstić information content (AvgIpc) is 2.50. The molecular weight excluding hydrogens is 248 g/mol. The first-order chi connectivity index (χ1) is 9.65. The summed E-state index contributed by atoms with van der Waals surface area (Å²) in [5, 5.41) is 3.26. The van der Waals surface area contributed by atoms with Gasteiger partial charge in [0.1, 0.15) is 0 Å². The zero-order valence-electron chi connectivity index (χ0n) is 12.9. The highest BCUT2D eigenvalue weighted by atomic mass is 16.2. The number of hydrogen-bond donors (Lipinski definition) is 1. The third kappa shape index (κ3) is 3.21. The Hall–Kier alpha value is -1.35.